The minimum atomic E-state index is -0.137. The van der Waals surface area contributed by atoms with Gasteiger partial charge in [0.15, 0.2) is 0 Å². The van der Waals surface area contributed by atoms with Crippen molar-refractivity contribution in [1.29, 1.82) is 0 Å². The van der Waals surface area contributed by atoms with E-state index in [1.807, 2.05) is 0 Å². The Morgan fingerprint density at radius 2 is 1.90 bits per heavy atom. The Morgan fingerprint density at radius 3 is 2.50 bits per heavy atom. The lowest BCUT2D eigenvalue weighted by Crippen LogP contribution is -2.48. The summed E-state index contributed by atoms with van der Waals surface area (Å²) in [6.45, 7) is 9.80. The highest BCUT2D eigenvalue weighted by Crippen LogP contribution is 2.30. The number of carbonyl (C=O) groups excluding carboxylic acids is 1. The molecule has 0 aromatic heterocycles. The molecule has 0 aromatic rings. The van der Waals surface area contributed by atoms with Gasteiger partial charge in [0.05, 0.1) is 5.41 Å². The van der Waals surface area contributed by atoms with Gasteiger partial charge in [-0.05, 0) is 64.6 Å². The maximum atomic E-state index is 12.6. The predicted octanol–water partition coefficient (Wildman–Crippen LogP) is 1.32. The first-order valence-electron chi connectivity index (χ1n) is 8.40. The summed E-state index contributed by atoms with van der Waals surface area (Å²) in [4.78, 5) is 17.4. The van der Waals surface area contributed by atoms with Crippen molar-refractivity contribution in [2.24, 2.45) is 11.3 Å². The quantitative estimate of drug-likeness (QED) is 0.846. The molecule has 0 saturated carbocycles. The third kappa shape index (κ3) is 3.01. The molecule has 4 heteroatoms. The zero-order valence-electron chi connectivity index (χ0n) is 12.9. The summed E-state index contributed by atoms with van der Waals surface area (Å²) in [7, 11) is 0. The van der Waals surface area contributed by atoms with Gasteiger partial charge in [-0.25, -0.2) is 0 Å². The lowest BCUT2D eigenvalue weighted by Gasteiger charge is -2.37. The molecule has 1 amide bonds. The molecule has 4 nitrogen and oxygen atoms in total. The summed E-state index contributed by atoms with van der Waals surface area (Å²) in [6.07, 6.45) is 6.16. The van der Waals surface area contributed by atoms with Crippen molar-refractivity contribution in [2.75, 3.05) is 45.8 Å². The van der Waals surface area contributed by atoms with Gasteiger partial charge in [0.2, 0.25) is 5.91 Å². The molecule has 0 spiro atoms. The van der Waals surface area contributed by atoms with E-state index in [-0.39, 0.29) is 5.41 Å². The van der Waals surface area contributed by atoms with Crippen LogP contribution in [0.2, 0.25) is 0 Å². The summed E-state index contributed by atoms with van der Waals surface area (Å²) in [6, 6.07) is 0. The van der Waals surface area contributed by atoms with Crippen molar-refractivity contribution in [3.05, 3.63) is 0 Å². The highest BCUT2D eigenvalue weighted by molar-refractivity contribution is 5.83. The lowest BCUT2D eigenvalue weighted by molar-refractivity contribution is -0.141. The second-order valence-electron chi connectivity index (χ2n) is 7.23. The highest BCUT2D eigenvalue weighted by atomic mass is 16.2. The number of carbonyl (C=O) groups is 1. The van der Waals surface area contributed by atoms with Crippen LogP contribution >= 0.6 is 0 Å². The van der Waals surface area contributed by atoms with E-state index in [0.717, 1.165) is 38.5 Å². The fourth-order valence-electron chi connectivity index (χ4n) is 4.03. The van der Waals surface area contributed by atoms with Crippen LogP contribution in [0.3, 0.4) is 0 Å². The van der Waals surface area contributed by atoms with E-state index in [1.165, 1.54) is 45.3 Å². The van der Waals surface area contributed by atoms with Gasteiger partial charge >= 0.3 is 0 Å². The number of piperidine rings is 1. The first-order valence-corrected chi connectivity index (χ1v) is 8.40. The third-order valence-corrected chi connectivity index (χ3v) is 5.50. The Morgan fingerprint density at radius 1 is 1.20 bits per heavy atom. The van der Waals surface area contributed by atoms with Crippen LogP contribution in [0.15, 0.2) is 0 Å². The standard InChI is InChI=1S/C16H29N3O/c1-16(6-7-17-13-16)15(20)19-10-4-14(5-11-19)12-18-8-2-3-9-18/h14,17H,2-13H2,1H3. The van der Waals surface area contributed by atoms with Gasteiger partial charge in [-0.15, -0.1) is 0 Å². The van der Waals surface area contributed by atoms with Crippen molar-refractivity contribution in [1.82, 2.24) is 15.1 Å². The molecule has 3 aliphatic heterocycles. The molecule has 3 fully saturated rings. The van der Waals surface area contributed by atoms with Crippen LogP contribution in [0.4, 0.5) is 0 Å². The fourth-order valence-corrected chi connectivity index (χ4v) is 4.03. The average Bonchev–Trinajstić information content (AvgIpc) is 3.11. The van der Waals surface area contributed by atoms with Crippen molar-refractivity contribution < 1.29 is 4.79 Å². The normalized spacial score (nSPS) is 33.0. The largest absolute Gasteiger partial charge is 0.342 e. The number of hydrogen-bond acceptors (Lipinski definition) is 3. The van der Waals surface area contributed by atoms with Gasteiger partial charge in [-0.2, -0.15) is 0 Å². The number of amides is 1. The van der Waals surface area contributed by atoms with Gasteiger partial charge in [0.1, 0.15) is 0 Å². The molecular weight excluding hydrogens is 250 g/mol. The monoisotopic (exact) mass is 279 g/mol. The average molecular weight is 279 g/mol. The molecule has 3 rings (SSSR count). The van der Waals surface area contributed by atoms with Crippen molar-refractivity contribution >= 4 is 5.91 Å². The molecule has 3 heterocycles. The molecule has 1 unspecified atom stereocenters. The van der Waals surface area contributed by atoms with Crippen LogP contribution in [0.1, 0.15) is 39.0 Å². The lowest BCUT2D eigenvalue weighted by atomic mass is 9.86. The van der Waals surface area contributed by atoms with Gasteiger partial charge in [-0.3, -0.25) is 4.79 Å². The number of likely N-dealkylation sites (tertiary alicyclic amines) is 2. The van der Waals surface area contributed by atoms with Crippen molar-refractivity contribution in [3.63, 3.8) is 0 Å². The zero-order valence-corrected chi connectivity index (χ0v) is 12.9. The summed E-state index contributed by atoms with van der Waals surface area (Å²) < 4.78 is 0. The van der Waals surface area contributed by atoms with Crippen LogP contribution in [0.25, 0.3) is 0 Å². The summed E-state index contributed by atoms with van der Waals surface area (Å²) >= 11 is 0. The van der Waals surface area contributed by atoms with E-state index < -0.39 is 0 Å². The third-order valence-electron chi connectivity index (χ3n) is 5.50. The molecule has 1 N–H and O–H groups in total. The Balaban J connectivity index is 1.46. The molecule has 3 saturated heterocycles. The zero-order chi connectivity index (χ0) is 14.0. The smallest absolute Gasteiger partial charge is 0.229 e. The Bertz CT molecular complexity index is 338. The summed E-state index contributed by atoms with van der Waals surface area (Å²) in [5.41, 5.74) is -0.137. The first-order chi connectivity index (χ1) is 9.67. The molecule has 20 heavy (non-hydrogen) atoms. The minimum absolute atomic E-state index is 0.137. The van der Waals surface area contributed by atoms with E-state index in [9.17, 15) is 4.79 Å². The van der Waals surface area contributed by atoms with Crippen LogP contribution in [0, 0.1) is 11.3 Å². The molecule has 0 aromatic carbocycles. The van der Waals surface area contributed by atoms with Crippen LogP contribution in [-0.2, 0) is 4.79 Å². The SMILES string of the molecule is CC1(C(=O)N2CCC(CN3CCCC3)CC2)CCNC1. The Hall–Kier alpha value is -0.610. The van der Waals surface area contributed by atoms with E-state index >= 15 is 0 Å². The number of rotatable bonds is 3. The Labute approximate surface area is 122 Å². The minimum Gasteiger partial charge on any atom is -0.342 e. The van der Waals surface area contributed by atoms with Crippen LogP contribution in [-0.4, -0.2) is 61.5 Å². The summed E-state index contributed by atoms with van der Waals surface area (Å²) in [5.74, 6) is 1.20. The number of nitrogens with one attached hydrogen (secondary N) is 1. The highest BCUT2D eigenvalue weighted by Gasteiger charge is 2.40. The fraction of sp³-hybridized carbons (Fsp3) is 0.938. The van der Waals surface area contributed by atoms with E-state index in [0.29, 0.717) is 5.91 Å². The second-order valence-corrected chi connectivity index (χ2v) is 7.23. The van der Waals surface area contributed by atoms with Gasteiger partial charge in [-0.1, -0.05) is 0 Å². The van der Waals surface area contributed by atoms with Crippen LogP contribution < -0.4 is 5.32 Å². The molecule has 0 bridgehead atoms. The van der Waals surface area contributed by atoms with E-state index in [2.05, 4.69) is 22.0 Å². The van der Waals surface area contributed by atoms with E-state index in [1.54, 1.807) is 0 Å². The van der Waals surface area contributed by atoms with Crippen molar-refractivity contribution in [2.45, 2.75) is 39.0 Å². The number of hydrogen-bond donors (Lipinski definition) is 1. The molecule has 0 aliphatic carbocycles. The van der Waals surface area contributed by atoms with E-state index in [4.69, 9.17) is 0 Å². The van der Waals surface area contributed by atoms with Gasteiger partial charge in [0.25, 0.3) is 0 Å². The molecule has 3 aliphatic rings. The second kappa shape index (κ2) is 6.02. The van der Waals surface area contributed by atoms with Gasteiger partial charge in [0, 0.05) is 26.2 Å². The topological polar surface area (TPSA) is 35.6 Å². The maximum Gasteiger partial charge on any atom is 0.229 e. The van der Waals surface area contributed by atoms with Crippen LogP contribution in [0.5, 0.6) is 0 Å². The van der Waals surface area contributed by atoms with Gasteiger partial charge < -0.3 is 15.1 Å². The molecule has 114 valence electrons. The predicted molar refractivity (Wildman–Crippen MR) is 80.6 cm³/mol. The van der Waals surface area contributed by atoms with Crippen molar-refractivity contribution in [3.8, 4) is 0 Å². The Kier molecular flexibility index (Phi) is 4.32. The molecular formula is C16H29N3O. The molecule has 0 radical (unpaired) electrons. The summed E-state index contributed by atoms with van der Waals surface area (Å²) in [5, 5.41) is 3.34. The first kappa shape index (κ1) is 14.3. The maximum absolute atomic E-state index is 12.6. The number of nitrogens with zero attached hydrogens (tertiary/aromatic N) is 2. The molecule has 1 atom stereocenters.